The highest BCUT2D eigenvalue weighted by molar-refractivity contribution is 14.1. The van der Waals surface area contributed by atoms with E-state index in [0.717, 1.165) is 30.0 Å². The number of hydrogen-bond donors (Lipinski definition) is 1. The molecule has 1 aromatic heterocycles. The van der Waals surface area contributed by atoms with Crippen molar-refractivity contribution in [2.24, 2.45) is 11.8 Å². The summed E-state index contributed by atoms with van der Waals surface area (Å²) in [5, 5.41) is 3.45. The molecule has 4 heteroatoms. The zero-order valence-electron chi connectivity index (χ0n) is 12.0. The van der Waals surface area contributed by atoms with Gasteiger partial charge in [-0.3, -0.25) is 0 Å². The number of rotatable bonds is 4. The molecule has 3 aliphatic rings. The number of nitrogens with zero attached hydrogens (tertiary/aromatic N) is 2. The van der Waals surface area contributed by atoms with Crippen LogP contribution in [0.2, 0.25) is 0 Å². The van der Waals surface area contributed by atoms with Crippen molar-refractivity contribution in [1.29, 1.82) is 0 Å². The minimum Gasteiger partial charge on any atom is -0.369 e. The topological polar surface area (TPSA) is 37.8 Å². The van der Waals surface area contributed by atoms with Crippen molar-refractivity contribution in [3.05, 3.63) is 15.1 Å². The predicted molar refractivity (Wildman–Crippen MR) is 89.1 cm³/mol. The zero-order valence-corrected chi connectivity index (χ0v) is 14.2. The van der Waals surface area contributed by atoms with E-state index in [-0.39, 0.29) is 0 Å². The number of anilines is 1. The summed E-state index contributed by atoms with van der Waals surface area (Å²) in [6.45, 7) is 3.08. The van der Waals surface area contributed by atoms with Gasteiger partial charge in [0.25, 0.3) is 0 Å². The van der Waals surface area contributed by atoms with E-state index in [2.05, 4.69) is 34.8 Å². The minimum absolute atomic E-state index is 0.639. The summed E-state index contributed by atoms with van der Waals surface area (Å²) >= 11 is 2.44. The first-order valence-corrected chi connectivity index (χ1v) is 9.15. The Morgan fingerprint density at radius 2 is 2.00 bits per heavy atom. The van der Waals surface area contributed by atoms with Crippen LogP contribution in [0.4, 0.5) is 5.82 Å². The molecule has 0 saturated heterocycles. The van der Waals surface area contributed by atoms with Crippen molar-refractivity contribution in [3.63, 3.8) is 0 Å². The third-order valence-electron chi connectivity index (χ3n) is 5.27. The van der Waals surface area contributed by atoms with Crippen LogP contribution in [0.3, 0.4) is 0 Å². The van der Waals surface area contributed by atoms with Gasteiger partial charge in [-0.15, -0.1) is 0 Å². The van der Waals surface area contributed by atoms with Gasteiger partial charge >= 0.3 is 0 Å². The number of hydrogen-bond acceptors (Lipinski definition) is 3. The lowest BCUT2D eigenvalue weighted by atomic mass is 9.88. The van der Waals surface area contributed by atoms with E-state index in [1.54, 1.807) is 0 Å². The molecule has 20 heavy (non-hydrogen) atoms. The SMILES string of the molecule is CCNc1nc(C2CC3CCC2C3)nc(C2CC2)c1I. The van der Waals surface area contributed by atoms with Crippen LogP contribution in [-0.2, 0) is 0 Å². The van der Waals surface area contributed by atoms with Crippen LogP contribution in [0.15, 0.2) is 0 Å². The second-order valence-corrected chi connectivity index (χ2v) is 7.79. The van der Waals surface area contributed by atoms with Gasteiger partial charge in [0.2, 0.25) is 0 Å². The van der Waals surface area contributed by atoms with Crippen molar-refractivity contribution in [1.82, 2.24) is 9.97 Å². The molecule has 3 atom stereocenters. The van der Waals surface area contributed by atoms with Crippen LogP contribution >= 0.6 is 22.6 Å². The van der Waals surface area contributed by atoms with Crippen molar-refractivity contribution in [2.45, 2.75) is 57.3 Å². The van der Waals surface area contributed by atoms with E-state index < -0.39 is 0 Å². The Hall–Kier alpha value is -0.390. The number of halogens is 1. The van der Waals surface area contributed by atoms with Crippen LogP contribution < -0.4 is 5.32 Å². The van der Waals surface area contributed by atoms with Gasteiger partial charge in [-0.1, -0.05) is 6.42 Å². The van der Waals surface area contributed by atoms with Crippen LogP contribution in [0.1, 0.15) is 68.8 Å². The lowest BCUT2D eigenvalue weighted by molar-refractivity contribution is 0.404. The van der Waals surface area contributed by atoms with Gasteiger partial charge in [0.05, 0.1) is 9.26 Å². The molecule has 4 rings (SSSR count). The molecule has 1 heterocycles. The smallest absolute Gasteiger partial charge is 0.143 e. The molecular weight excluding hydrogens is 361 g/mol. The lowest BCUT2D eigenvalue weighted by Gasteiger charge is -2.22. The Bertz CT molecular complexity index is 527. The van der Waals surface area contributed by atoms with E-state index in [1.807, 2.05) is 0 Å². The molecule has 0 radical (unpaired) electrons. The van der Waals surface area contributed by atoms with Gasteiger partial charge in [-0.05, 0) is 73.5 Å². The Morgan fingerprint density at radius 1 is 1.15 bits per heavy atom. The summed E-state index contributed by atoms with van der Waals surface area (Å²) in [4.78, 5) is 9.92. The maximum absolute atomic E-state index is 5.02. The fraction of sp³-hybridized carbons (Fsp3) is 0.750. The molecule has 0 aromatic carbocycles. The summed E-state index contributed by atoms with van der Waals surface area (Å²) in [7, 11) is 0. The molecule has 2 bridgehead atoms. The van der Waals surface area contributed by atoms with Crippen LogP contribution in [0.25, 0.3) is 0 Å². The van der Waals surface area contributed by atoms with E-state index in [4.69, 9.17) is 9.97 Å². The number of fused-ring (bicyclic) bond motifs is 2. The highest BCUT2D eigenvalue weighted by Gasteiger charge is 2.42. The normalized spacial score (nSPS) is 31.8. The van der Waals surface area contributed by atoms with Crippen molar-refractivity contribution >= 4 is 28.4 Å². The molecule has 3 aliphatic carbocycles. The van der Waals surface area contributed by atoms with E-state index >= 15 is 0 Å². The predicted octanol–water partition coefficient (Wildman–Crippen LogP) is 4.29. The first-order valence-electron chi connectivity index (χ1n) is 8.07. The standard InChI is InChI=1S/C16H22IN3/c1-2-18-16-13(17)14(10-5-6-10)19-15(20-16)12-8-9-3-4-11(12)7-9/h9-12H,2-8H2,1H3,(H,18,19,20). The second-order valence-electron chi connectivity index (χ2n) is 6.72. The Kier molecular flexibility index (Phi) is 3.39. The average molecular weight is 383 g/mol. The third kappa shape index (κ3) is 2.24. The van der Waals surface area contributed by atoms with Gasteiger partial charge in [0, 0.05) is 18.4 Å². The first-order chi connectivity index (χ1) is 9.76. The van der Waals surface area contributed by atoms with E-state index in [0.29, 0.717) is 11.8 Å². The summed E-state index contributed by atoms with van der Waals surface area (Å²) in [6.07, 6.45) is 8.24. The monoisotopic (exact) mass is 383 g/mol. The maximum Gasteiger partial charge on any atom is 0.143 e. The first kappa shape index (κ1) is 13.3. The molecule has 1 aromatic rings. The van der Waals surface area contributed by atoms with Gasteiger partial charge in [0.1, 0.15) is 11.6 Å². The highest BCUT2D eigenvalue weighted by atomic mass is 127. The fourth-order valence-corrected chi connectivity index (χ4v) is 4.99. The second kappa shape index (κ2) is 5.11. The highest BCUT2D eigenvalue weighted by Crippen LogP contribution is 2.53. The summed E-state index contributed by atoms with van der Waals surface area (Å²) < 4.78 is 1.26. The molecule has 0 amide bonds. The average Bonchev–Trinajstić information content (AvgIpc) is 3.07. The van der Waals surface area contributed by atoms with Crippen molar-refractivity contribution < 1.29 is 0 Å². The third-order valence-corrected chi connectivity index (χ3v) is 6.34. The Morgan fingerprint density at radius 3 is 2.60 bits per heavy atom. The minimum atomic E-state index is 0.639. The molecule has 3 fully saturated rings. The molecule has 0 spiro atoms. The Balaban J connectivity index is 1.71. The Labute approximate surface area is 134 Å². The van der Waals surface area contributed by atoms with Crippen LogP contribution in [0.5, 0.6) is 0 Å². The molecule has 108 valence electrons. The number of aromatic nitrogens is 2. The molecule has 3 saturated carbocycles. The van der Waals surface area contributed by atoms with Crippen molar-refractivity contribution in [2.75, 3.05) is 11.9 Å². The molecule has 0 aliphatic heterocycles. The lowest BCUT2D eigenvalue weighted by Crippen LogP contribution is -2.16. The van der Waals surface area contributed by atoms with Crippen LogP contribution in [-0.4, -0.2) is 16.5 Å². The summed E-state index contributed by atoms with van der Waals surface area (Å²) in [5.41, 5.74) is 1.33. The summed E-state index contributed by atoms with van der Waals surface area (Å²) in [6, 6.07) is 0. The zero-order chi connectivity index (χ0) is 13.7. The fourth-order valence-electron chi connectivity index (χ4n) is 4.12. The van der Waals surface area contributed by atoms with Crippen LogP contribution in [0, 0.1) is 15.4 Å². The maximum atomic E-state index is 5.02. The largest absolute Gasteiger partial charge is 0.369 e. The van der Waals surface area contributed by atoms with Gasteiger partial charge < -0.3 is 5.32 Å². The molecule has 3 nitrogen and oxygen atoms in total. The van der Waals surface area contributed by atoms with E-state index in [1.165, 1.54) is 47.8 Å². The number of nitrogens with one attached hydrogen (secondary N) is 1. The molecule has 3 unspecified atom stereocenters. The van der Waals surface area contributed by atoms with E-state index in [9.17, 15) is 0 Å². The van der Waals surface area contributed by atoms with Gasteiger partial charge in [0.15, 0.2) is 0 Å². The van der Waals surface area contributed by atoms with Crippen molar-refractivity contribution in [3.8, 4) is 0 Å². The van der Waals surface area contributed by atoms with Gasteiger partial charge in [-0.25, -0.2) is 9.97 Å². The summed E-state index contributed by atoms with van der Waals surface area (Å²) in [5.74, 6) is 5.40. The molecular formula is C16H22IN3. The molecule has 1 N–H and O–H groups in total. The van der Waals surface area contributed by atoms with Gasteiger partial charge in [-0.2, -0.15) is 0 Å². The quantitative estimate of drug-likeness (QED) is 0.789.